The molecule has 1 aromatic rings. The topological polar surface area (TPSA) is 44.9 Å². The zero-order valence-electron chi connectivity index (χ0n) is 9.61. The number of hydrogen-bond donors (Lipinski definition) is 2. The maximum atomic E-state index is 11.7. The summed E-state index contributed by atoms with van der Waals surface area (Å²) in [6, 6.07) is 0. The van der Waals surface area contributed by atoms with E-state index in [0.29, 0.717) is 5.92 Å². The fourth-order valence-electron chi connectivity index (χ4n) is 2.28. The van der Waals surface area contributed by atoms with Gasteiger partial charge in [-0.15, -0.1) is 0 Å². The third kappa shape index (κ3) is 1.72. The number of Topliss-reactive ketones (excluding diaryl/α,β-unsaturated/α-hetero) is 1. The second-order valence-electron chi connectivity index (χ2n) is 4.51. The Morgan fingerprint density at radius 1 is 1.40 bits per heavy atom. The monoisotopic (exact) mass is 206 g/mol. The lowest BCUT2D eigenvalue weighted by Crippen LogP contribution is -2.24. The molecule has 2 heterocycles. The van der Waals surface area contributed by atoms with E-state index in [1.165, 1.54) is 11.3 Å². The minimum atomic E-state index is 0.180. The Morgan fingerprint density at radius 3 is 2.73 bits per heavy atom. The Kier molecular flexibility index (Phi) is 2.65. The van der Waals surface area contributed by atoms with Gasteiger partial charge in [-0.3, -0.25) is 4.79 Å². The summed E-state index contributed by atoms with van der Waals surface area (Å²) in [4.78, 5) is 15.1. The predicted octanol–water partition coefficient (Wildman–Crippen LogP) is 1.99. The molecule has 1 aromatic heterocycles. The van der Waals surface area contributed by atoms with Gasteiger partial charge in [-0.1, -0.05) is 13.8 Å². The van der Waals surface area contributed by atoms with Gasteiger partial charge >= 0.3 is 0 Å². The molecule has 0 spiro atoms. The molecule has 0 unspecified atom stereocenters. The van der Waals surface area contributed by atoms with Crippen LogP contribution in [0.4, 0.5) is 0 Å². The second-order valence-corrected chi connectivity index (χ2v) is 4.51. The van der Waals surface area contributed by atoms with E-state index in [4.69, 9.17) is 0 Å². The van der Waals surface area contributed by atoms with Crippen molar-refractivity contribution < 1.29 is 4.79 Å². The molecule has 2 rings (SSSR count). The predicted molar refractivity (Wildman–Crippen MR) is 60.3 cm³/mol. The minimum absolute atomic E-state index is 0.180. The highest BCUT2D eigenvalue weighted by atomic mass is 16.1. The first kappa shape index (κ1) is 10.4. The molecule has 15 heavy (non-hydrogen) atoms. The molecule has 0 amide bonds. The van der Waals surface area contributed by atoms with Crippen molar-refractivity contribution in [3.05, 3.63) is 22.5 Å². The summed E-state index contributed by atoms with van der Waals surface area (Å²) in [5.74, 6) is 0.564. The van der Waals surface area contributed by atoms with Crippen LogP contribution >= 0.6 is 0 Å². The molecule has 0 aliphatic carbocycles. The lowest BCUT2D eigenvalue weighted by molar-refractivity contribution is 0.101. The van der Waals surface area contributed by atoms with Gasteiger partial charge in [-0.2, -0.15) is 0 Å². The van der Waals surface area contributed by atoms with Crippen molar-refractivity contribution in [3.8, 4) is 0 Å². The van der Waals surface area contributed by atoms with Crippen molar-refractivity contribution in [1.29, 1.82) is 0 Å². The average Bonchev–Trinajstić information content (AvgIpc) is 2.56. The van der Waals surface area contributed by atoms with Gasteiger partial charge in [0.25, 0.3) is 0 Å². The number of aromatic nitrogens is 1. The van der Waals surface area contributed by atoms with Crippen LogP contribution in [0.25, 0.3) is 0 Å². The van der Waals surface area contributed by atoms with E-state index in [-0.39, 0.29) is 5.78 Å². The van der Waals surface area contributed by atoms with E-state index in [2.05, 4.69) is 24.1 Å². The van der Waals surface area contributed by atoms with E-state index in [1.54, 1.807) is 6.92 Å². The van der Waals surface area contributed by atoms with Crippen molar-refractivity contribution in [2.45, 2.75) is 39.7 Å². The summed E-state index contributed by atoms with van der Waals surface area (Å²) in [5.41, 5.74) is 4.48. The van der Waals surface area contributed by atoms with Gasteiger partial charge in [0.1, 0.15) is 0 Å². The number of ketones is 1. The number of aromatic amines is 1. The molecular formula is C12H18N2O. The molecule has 0 aromatic carbocycles. The Labute approximate surface area is 90.3 Å². The first-order valence-electron chi connectivity index (χ1n) is 5.56. The van der Waals surface area contributed by atoms with Gasteiger partial charge < -0.3 is 10.3 Å². The van der Waals surface area contributed by atoms with E-state index < -0.39 is 0 Å². The van der Waals surface area contributed by atoms with Crippen LogP contribution in [0.1, 0.15) is 54.0 Å². The Balaban J connectivity index is 2.56. The second kappa shape index (κ2) is 3.81. The van der Waals surface area contributed by atoms with Crippen LogP contribution in [0.15, 0.2) is 0 Å². The van der Waals surface area contributed by atoms with Crippen LogP contribution < -0.4 is 5.32 Å². The maximum absolute atomic E-state index is 11.7. The SMILES string of the molecule is CC(=O)c1c(C(C)C)[nH]c2c1CNCC2. The van der Waals surface area contributed by atoms with Crippen molar-refractivity contribution in [3.63, 3.8) is 0 Å². The first-order chi connectivity index (χ1) is 7.11. The van der Waals surface area contributed by atoms with E-state index >= 15 is 0 Å². The molecule has 2 N–H and O–H groups in total. The van der Waals surface area contributed by atoms with Crippen molar-refractivity contribution in [2.75, 3.05) is 6.54 Å². The van der Waals surface area contributed by atoms with Gasteiger partial charge in [0.15, 0.2) is 5.78 Å². The molecule has 0 radical (unpaired) electrons. The fraction of sp³-hybridized carbons (Fsp3) is 0.583. The van der Waals surface area contributed by atoms with Crippen LogP contribution in [0.2, 0.25) is 0 Å². The molecule has 1 aliphatic rings. The summed E-state index contributed by atoms with van der Waals surface area (Å²) in [6.07, 6.45) is 1.00. The molecule has 3 heteroatoms. The van der Waals surface area contributed by atoms with Crippen LogP contribution in [-0.2, 0) is 13.0 Å². The number of hydrogen-bond acceptors (Lipinski definition) is 2. The fourth-order valence-corrected chi connectivity index (χ4v) is 2.28. The van der Waals surface area contributed by atoms with Crippen molar-refractivity contribution in [1.82, 2.24) is 10.3 Å². The number of carbonyl (C=O) groups excluding carboxylic acids is 1. The van der Waals surface area contributed by atoms with Gasteiger partial charge in [0.2, 0.25) is 0 Å². The molecular weight excluding hydrogens is 188 g/mol. The Morgan fingerprint density at radius 2 is 2.13 bits per heavy atom. The number of H-pyrrole nitrogens is 1. The van der Waals surface area contributed by atoms with Crippen molar-refractivity contribution in [2.24, 2.45) is 0 Å². The minimum Gasteiger partial charge on any atom is -0.361 e. The largest absolute Gasteiger partial charge is 0.361 e. The standard InChI is InChI=1S/C12H18N2O/c1-7(2)12-11(8(3)15)9-6-13-5-4-10(9)14-12/h7,13-14H,4-6H2,1-3H3. The molecule has 0 fully saturated rings. The maximum Gasteiger partial charge on any atom is 0.161 e. The normalized spacial score (nSPS) is 15.5. The molecule has 0 saturated heterocycles. The van der Waals surface area contributed by atoms with Crippen LogP contribution in [-0.4, -0.2) is 17.3 Å². The third-order valence-corrected chi connectivity index (χ3v) is 3.00. The molecule has 0 saturated carbocycles. The number of rotatable bonds is 2. The highest BCUT2D eigenvalue weighted by Gasteiger charge is 2.23. The third-order valence-electron chi connectivity index (χ3n) is 3.00. The zero-order chi connectivity index (χ0) is 11.0. The zero-order valence-corrected chi connectivity index (χ0v) is 9.61. The highest BCUT2D eigenvalue weighted by Crippen LogP contribution is 2.27. The first-order valence-corrected chi connectivity index (χ1v) is 5.56. The van der Waals surface area contributed by atoms with Gasteiger partial charge in [0.05, 0.1) is 0 Å². The van der Waals surface area contributed by atoms with Gasteiger partial charge in [-0.05, 0) is 18.4 Å². The van der Waals surface area contributed by atoms with E-state index in [0.717, 1.165) is 30.8 Å². The molecule has 0 bridgehead atoms. The summed E-state index contributed by atoms with van der Waals surface area (Å²) < 4.78 is 0. The average molecular weight is 206 g/mol. The lowest BCUT2D eigenvalue weighted by atomic mass is 9.97. The molecule has 1 aliphatic heterocycles. The smallest absolute Gasteiger partial charge is 0.161 e. The Hall–Kier alpha value is -1.09. The summed E-state index contributed by atoms with van der Waals surface area (Å²) in [7, 11) is 0. The van der Waals surface area contributed by atoms with E-state index in [9.17, 15) is 4.79 Å². The highest BCUT2D eigenvalue weighted by molar-refractivity contribution is 5.97. The van der Waals surface area contributed by atoms with Crippen molar-refractivity contribution >= 4 is 5.78 Å². The Bertz CT molecular complexity index is 391. The summed E-state index contributed by atoms with van der Waals surface area (Å²) >= 11 is 0. The molecule has 3 nitrogen and oxygen atoms in total. The number of carbonyl (C=O) groups is 1. The van der Waals surface area contributed by atoms with Crippen LogP contribution in [0.5, 0.6) is 0 Å². The molecule has 82 valence electrons. The number of fused-ring (bicyclic) bond motifs is 1. The molecule has 0 atom stereocenters. The van der Waals surface area contributed by atoms with E-state index in [1.807, 2.05) is 0 Å². The summed E-state index contributed by atoms with van der Waals surface area (Å²) in [6.45, 7) is 7.73. The quantitative estimate of drug-likeness (QED) is 0.727. The summed E-state index contributed by atoms with van der Waals surface area (Å²) in [5, 5.41) is 3.32. The van der Waals surface area contributed by atoms with Gasteiger partial charge in [0, 0.05) is 36.5 Å². The van der Waals surface area contributed by atoms with Crippen LogP contribution in [0, 0.1) is 0 Å². The number of nitrogens with one attached hydrogen (secondary N) is 2. The van der Waals surface area contributed by atoms with Crippen LogP contribution in [0.3, 0.4) is 0 Å². The lowest BCUT2D eigenvalue weighted by Gasteiger charge is -2.13. The van der Waals surface area contributed by atoms with Gasteiger partial charge in [-0.25, -0.2) is 0 Å².